The van der Waals surface area contributed by atoms with Crippen LogP contribution < -0.4 is 14.5 Å². The van der Waals surface area contributed by atoms with E-state index in [0.717, 1.165) is 28.4 Å². The van der Waals surface area contributed by atoms with E-state index < -0.39 is 0 Å². The summed E-state index contributed by atoms with van der Waals surface area (Å²) in [6, 6.07) is 17.8. The number of aryl methyl sites for hydroxylation is 1. The number of benzene rings is 2. The average molecular weight is 376 g/mol. The van der Waals surface area contributed by atoms with Gasteiger partial charge in [0.25, 0.3) is 5.91 Å². The van der Waals surface area contributed by atoms with Gasteiger partial charge in [-0.2, -0.15) is 5.10 Å². The number of rotatable bonds is 5. The maximum Gasteiger partial charge on any atom is 0.276 e. The Hall–Kier alpha value is -3.28. The minimum atomic E-state index is 0.00593. The van der Waals surface area contributed by atoms with Crippen LogP contribution in [0.2, 0.25) is 0 Å². The SMILES string of the molecule is COc1ccc(N(C)Cc2cc3n(n2)CCN(c2ccccc2C)C3=O)cc1. The molecular weight excluding hydrogens is 352 g/mol. The van der Waals surface area contributed by atoms with Gasteiger partial charge in [-0.3, -0.25) is 9.48 Å². The van der Waals surface area contributed by atoms with Gasteiger partial charge in [0.15, 0.2) is 0 Å². The fourth-order valence-corrected chi connectivity index (χ4v) is 3.59. The quantitative estimate of drug-likeness (QED) is 0.684. The third-order valence-corrected chi connectivity index (χ3v) is 5.15. The maximum absolute atomic E-state index is 13.0. The molecule has 4 rings (SSSR count). The summed E-state index contributed by atoms with van der Waals surface area (Å²) in [5.74, 6) is 0.836. The van der Waals surface area contributed by atoms with Gasteiger partial charge < -0.3 is 14.5 Å². The van der Waals surface area contributed by atoms with Crippen LogP contribution in [0.1, 0.15) is 21.7 Å². The Labute approximate surface area is 164 Å². The number of nitrogens with zero attached hydrogens (tertiary/aromatic N) is 4. The Morgan fingerprint density at radius 3 is 2.57 bits per heavy atom. The van der Waals surface area contributed by atoms with Gasteiger partial charge in [0.05, 0.1) is 25.9 Å². The van der Waals surface area contributed by atoms with E-state index in [1.807, 2.05) is 78.2 Å². The standard InChI is InChI=1S/C22H24N4O2/c1-16-6-4-5-7-20(16)25-12-13-26-21(22(25)27)14-17(23-26)15-24(2)18-8-10-19(28-3)11-9-18/h4-11,14H,12-13,15H2,1-3H3. The zero-order valence-corrected chi connectivity index (χ0v) is 16.4. The molecule has 1 amide bonds. The van der Waals surface area contributed by atoms with Crippen LogP contribution in [0.4, 0.5) is 11.4 Å². The first kappa shape index (κ1) is 18.1. The molecule has 0 bridgehead atoms. The number of para-hydroxylation sites is 1. The van der Waals surface area contributed by atoms with Gasteiger partial charge in [0, 0.05) is 25.0 Å². The van der Waals surface area contributed by atoms with Gasteiger partial charge in [0.2, 0.25) is 0 Å². The Kier molecular flexibility index (Phi) is 4.77. The molecule has 6 heteroatoms. The van der Waals surface area contributed by atoms with Crippen molar-refractivity contribution in [3.05, 3.63) is 71.5 Å². The highest BCUT2D eigenvalue weighted by atomic mass is 16.5. The van der Waals surface area contributed by atoms with Crippen LogP contribution in [0.5, 0.6) is 5.75 Å². The Morgan fingerprint density at radius 1 is 1.11 bits per heavy atom. The molecule has 6 nitrogen and oxygen atoms in total. The van der Waals surface area contributed by atoms with Crippen molar-refractivity contribution in [2.75, 3.05) is 30.5 Å². The number of carbonyl (C=O) groups is 1. The van der Waals surface area contributed by atoms with E-state index in [1.165, 1.54) is 0 Å². The number of aromatic nitrogens is 2. The number of hydrogen-bond acceptors (Lipinski definition) is 4. The number of amides is 1. The van der Waals surface area contributed by atoms with Gasteiger partial charge in [-0.25, -0.2) is 0 Å². The highest BCUT2D eigenvalue weighted by Gasteiger charge is 2.28. The largest absolute Gasteiger partial charge is 0.497 e. The number of methoxy groups -OCH3 is 1. The summed E-state index contributed by atoms with van der Waals surface area (Å²) in [6.07, 6.45) is 0. The van der Waals surface area contributed by atoms with E-state index in [9.17, 15) is 4.79 Å². The molecule has 1 aliphatic heterocycles. The molecule has 0 fully saturated rings. The van der Waals surface area contributed by atoms with Crippen LogP contribution in [0.25, 0.3) is 0 Å². The molecule has 0 saturated carbocycles. The molecule has 2 aromatic carbocycles. The van der Waals surface area contributed by atoms with Gasteiger partial charge in [-0.05, 0) is 48.9 Å². The first-order chi connectivity index (χ1) is 13.6. The van der Waals surface area contributed by atoms with E-state index >= 15 is 0 Å². The van der Waals surface area contributed by atoms with Crippen molar-refractivity contribution < 1.29 is 9.53 Å². The molecule has 3 aromatic rings. The lowest BCUT2D eigenvalue weighted by Crippen LogP contribution is -2.40. The third-order valence-electron chi connectivity index (χ3n) is 5.15. The molecule has 0 aliphatic carbocycles. The first-order valence-corrected chi connectivity index (χ1v) is 9.36. The zero-order chi connectivity index (χ0) is 19.7. The van der Waals surface area contributed by atoms with E-state index in [2.05, 4.69) is 10.00 Å². The second-order valence-electron chi connectivity index (χ2n) is 7.04. The minimum absolute atomic E-state index is 0.00593. The molecule has 2 heterocycles. The molecule has 0 spiro atoms. The Morgan fingerprint density at radius 2 is 1.86 bits per heavy atom. The van der Waals surface area contributed by atoms with Crippen molar-refractivity contribution in [2.24, 2.45) is 0 Å². The fourth-order valence-electron chi connectivity index (χ4n) is 3.59. The summed E-state index contributed by atoms with van der Waals surface area (Å²) in [4.78, 5) is 17.0. The van der Waals surface area contributed by atoms with E-state index in [4.69, 9.17) is 4.74 Å². The van der Waals surface area contributed by atoms with Crippen molar-refractivity contribution in [3.63, 3.8) is 0 Å². The molecule has 144 valence electrons. The van der Waals surface area contributed by atoms with Crippen LogP contribution in [0.3, 0.4) is 0 Å². The van der Waals surface area contributed by atoms with Crippen molar-refractivity contribution in [1.82, 2.24) is 9.78 Å². The molecular formula is C22H24N4O2. The maximum atomic E-state index is 13.0. The topological polar surface area (TPSA) is 50.6 Å². The molecule has 0 unspecified atom stereocenters. The lowest BCUT2D eigenvalue weighted by Gasteiger charge is -2.28. The number of anilines is 2. The van der Waals surface area contributed by atoms with E-state index in [-0.39, 0.29) is 5.91 Å². The van der Waals surface area contributed by atoms with Crippen molar-refractivity contribution in [3.8, 4) is 5.75 Å². The number of fused-ring (bicyclic) bond motifs is 1. The van der Waals surface area contributed by atoms with Gasteiger partial charge in [-0.1, -0.05) is 18.2 Å². The molecule has 0 radical (unpaired) electrons. The second kappa shape index (κ2) is 7.38. The number of ether oxygens (including phenoxy) is 1. The number of carbonyl (C=O) groups excluding carboxylic acids is 1. The molecule has 1 aliphatic rings. The predicted molar refractivity (Wildman–Crippen MR) is 110 cm³/mol. The third kappa shape index (κ3) is 3.33. The van der Waals surface area contributed by atoms with E-state index in [1.54, 1.807) is 7.11 Å². The molecule has 0 N–H and O–H groups in total. The number of hydrogen-bond donors (Lipinski definition) is 0. The van der Waals surface area contributed by atoms with Crippen LogP contribution in [-0.4, -0.2) is 36.4 Å². The van der Waals surface area contributed by atoms with Crippen LogP contribution >= 0.6 is 0 Å². The Bertz CT molecular complexity index is 994. The summed E-state index contributed by atoms with van der Waals surface area (Å²) in [7, 11) is 3.67. The monoisotopic (exact) mass is 376 g/mol. The highest BCUT2D eigenvalue weighted by Crippen LogP contribution is 2.25. The molecule has 1 aromatic heterocycles. The summed E-state index contributed by atoms with van der Waals surface area (Å²) < 4.78 is 7.04. The van der Waals surface area contributed by atoms with Gasteiger partial charge >= 0.3 is 0 Å². The van der Waals surface area contributed by atoms with Gasteiger partial charge in [-0.15, -0.1) is 0 Å². The van der Waals surface area contributed by atoms with E-state index in [0.29, 0.717) is 25.3 Å². The van der Waals surface area contributed by atoms with Gasteiger partial charge in [0.1, 0.15) is 11.4 Å². The lowest BCUT2D eigenvalue weighted by molar-refractivity contribution is 0.0962. The van der Waals surface area contributed by atoms with Crippen LogP contribution in [0.15, 0.2) is 54.6 Å². The normalized spacial score (nSPS) is 13.4. The summed E-state index contributed by atoms with van der Waals surface area (Å²) in [6.45, 7) is 3.99. The first-order valence-electron chi connectivity index (χ1n) is 9.36. The zero-order valence-electron chi connectivity index (χ0n) is 16.4. The predicted octanol–water partition coefficient (Wildman–Crippen LogP) is 3.50. The minimum Gasteiger partial charge on any atom is -0.497 e. The lowest BCUT2D eigenvalue weighted by atomic mass is 10.1. The van der Waals surface area contributed by atoms with Crippen molar-refractivity contribution in [2.45, 2.75) is 20.0 Å². The summed E-state index contributed by atoms with van der Waals surface area (Å²) in [5.41, 5.74) is 4.67. The van der Waals surface area contributed by atoms with Crippen LogP contribution in [-0.2, 0) is 13.1 Å². The molecule has 0 atom stereocenters. The Balaban J connectivity index is 1.53. The molecule has 0 saturated heterocycles. The summed E-state index contributed by atoms with van der Waals surface area (Å²) in [5, 5.41) is 4.65. The smallest absolute Gasteiger partial charge is 0.276 e. The van der Waals surface area contributed by atoms with Crippen molar-refractivity contribution >= 4 is 17.3 Å². The highest BCUT2D eigenvalue weighted by molar-refractivity contribution is 6.06. The second-order valence-corrected chi connectivity index (χ2v) is 7.04. The van der Waals surface area contributed by atoms with Crippen LogP contribution in [0, 0.1) is 6.92 Å². The fraction of sp³-hybridized carbons (Fsp3) is 0.273. The molecule has 28 heavy (non-hydrogen) atoms. The van der Waals surface area contributed by atoms with Crippen molar-refractivity contribution in [1.29, 1.82) is 0 Å². The summed E-state index contributed by atoms with van der Waals surface area (Å²) >= 11 is 0. The average Bonchev–Trinajstić information content (AvgIpc) is 3.12.